The summed E-state index contributed by atoms with van der Waals surface area (Å²) in [7, 11) is 0. The molecular weight excluding hydrogens is 190 g/mol. The lowest BCUT2D eigenvalue weighted by Crippen LogP contribution is -2.14. The van der Waals surface area contributed by atoms with Crippen LogP contribution >= 0.6 is 0 Å². The molecule has 15 heavy (non-hydrogen) atoms. The van der Waals surface area contributed by atoms with Crippen molar-refractivity contribution in [2.75, 3.05) is 6.61 Å². The van der Waals surface area contributed by atoms with Gasteiger partial charge in [0.2, 0.25) is 5.88 Å². The molecule has 3 heteroatoms. The molecule has 1 aromatic rings. The molecule has 0 unspecified atom stereocenters. The molecular formula is C12H17NO2. The monoisotopic (exact) mass is 207 g/mol. The largest absolute Gasteiger partial charge is 0.478 e. The number of aliphatic hydroxyl groups excluding tert-OH is 1. The molecule has 1 N–H and O–H groups in total. The summed E-state index contributed by atoms with van der Waals surface area (Å²) >= 11 is 0. The normalized spacial score (nSPS) is 16.1. The molecule has 0 aromatic carbocycles. The molecule has 3 nitrogen and oxygen atoms in total. The van der Waals surface area contributed by atoms with Crippen molar-refractivity contribution in [2.24, 2.45) is 5.92 Å². The third-order valence-electron chi connectivity index (χ3n) is 2.98. The van der Waals surface area contributed by atoms with E-state index in [1.807, 2.05) is 12.1 Å². The average Bonchev–Trinajstić information content (AvgIpc) is 2.23. The Kier molecular flexibility index (Phi) is 3.56. The molecule has 0 amide bonds. The van der Waals surface area contributed by atoms with Crippen LogP contribution in [-0.4, -0.2) is 16.7 Å². The topological polar surface area (TPSA) is 42.4 Å². The average molecular weight is 207 g/mol. The highest BCUT2D eigenvalue weighted by Gasteiger charge is 2.16. The van der Waals surface area contributed by atoms with Crippen LogP contribution in [0.1, 0.15) is 31.2 Å². The molecule has 0 radical (unpaired) electrons. The number of pyridine rings is 1. The van der Waals surface area contributed by atoms with Crippen LogP contribution in [0, 0.1) is 5.92 Å². The van der Waals surface area contributed by atoms with Crippen LogP contribution in [-0.2, 0) is 6.61 Å². The van der Waals surface area contributed by atoms with Crippen LogP contribution < -0.4 is 4.74 Å². The summed E-state index contributed by atoms with van der Waals surface area (Å²) in [6.07, 6.45) is 6.90. The van der Waals surface area contributed by atoms with E-state index in [2.05, 4.69) is 4.98 Å². The molecule has 1 aliphatic rings. The Bertz CT molecular complexity index is 293. The van der Waals surface area contributed by atoms with Crippen molar-refractivity contribution < 1.29 is 9.84 Å². The zero-order valence-electron chi connectivity index (χ0n) is 8.85. The number of aromatic nitrogens is 1. The number of hydrogen-bond acceptors (Lipinski definition) is 3. The first kappa shape index (κ1) is 10.4. The molecule has 0 spiro atoms. The zero-order chi connectivity index (χ0) is 10.5. The summed E-state index contributed by atoms with van der Waals surface area (Å²) in [5.41, 5.74) is 0.821. The first-order chi connectivity index (χ1) is 7.38. The highest BCUT2D eigenvalue weighted by molar-refractivity contribution is 5.16. The molecule has 1 heterocycles. The Morgan fingerprint density at radius 1 is 1.40 bits per heavy atom. The van der Waals surface area contributed by atoms with Crippen LogP contribution in [0.4, 0.5) is 0 Å². The van der Waals surface area contributed by atoms with E-state index in [0.717, 1.165) is 24.5 Å². The third kappa shape index (κ3) is 2.93. The number of hydrogen-bond donors (Lipinski definition) is 1. The van der Waals surface area contributed by atoms with Gasteiger partial charge in [-0.1, -0.05) is 19.3 Å². The molecule has 1 fully saturated rings. The minimum absolute atomic E-state index is 0.0371. The number of ether oxygens (including phenoxy) is 1. The van der Waals surface area contributed by atoms with E-state index in [4.69, 9.17) is 9.84 Å². The maximum absolute atomic E-state index is 8.84. The summed E-state index contributed by atoms with van der Waals surface area (Å²) < 4.78 is 5.52. The summed E-state index contributed by atoms with van der Waals surface area (Å²) in [6, 6.07) is 3.65. The van der Waals surface area contributed by atoms with Gasteiger partial charge in [0.25, 0.3) is 0 Å². The molecule has 82 valence electrons. The van der Waals surface area contributed by atoms with Crippen LogP contribution in [0.15, 0.2) is 18.3 Å². The second kappa shape index (κ2) is 5.12. The molecule has 1 aliphatic carbocycles. The molecule has 0 aliphatic heterocycles. The van der Waals surface area contributed by atoms with Gasteiger partial charge in [-0.05, 0) is 24.0 Å². The van der Waals surface area contributed by atoms with E-state index < -0.39 is 0 Å². The Morgan fingerprint density at radius 2 is 2.27 bits per heavy atom. The number of nitrogens with zero attached hydrogens (tertiary/aromatic N) is 1. The quantitative estimate of drug-likeness (QED) is 0.804. The van der Waals surface area contributed by atoms with Crippen molar-refractivity contribution in [3.63, 3.8) is 0 Å². The second-order valence-electron chi connectivity index (χ2n) is 4.10. The first-order valence-electron chi connectivity index (χ1n) is 5.57. The summed E-state index contributed by atoms with van der Waals surface area (Å²) in [5, 5.41) is 8.84. The van der Waals surface area contributed by atoms with E-state index in [-0.39, 0.29) is 6.61 Å². The van der Waals surface area contributed by atoms with E-state index >= 15 is 0 Å². The van der Waals surface area contributed by atoms with Crippen molar-refractivity contribution in [1.82, 2.24) is 4.98 Å². The van der Waals surface area contributed by atoms with Gasteiger partial charge in [-0.15, -0.1) is 0 Å². The van der Waals surface area contributed by atoms with Gasteiger partial charge < -0.3 is 9.84 Å². The predicted molar refractivity (Wildman–Crippen MR) is 57.6 cm³/mol. The highest BCUT2D eigenvalue weighted by atomic mass is 16.5. The summed E-state index contributed by atoms with van der Waals surface area (Å²) in [5.74, 6) is 1.54. The molecule has 1 aromatic heterocycles. The van der Waals surface area contributed by atoms with Gasteiger partial charge in [0, 0.05) is 12.3 Å². The first-order valence-corrected chi connectivity index (χ1v) is 5.57. The maximum atomic E-state index is 8.84. The van der Waals surface area contributed by atoms with Gasteiger partial charge in [0.05, 0.1) is 13.2 Å². The lowest BCUT2D eigenvalue weighted by Gasteiger charge is -2.24. The van der Waals surface area contributed by atoms with Crippen LogP contribution in [0.3, 0.4) is 0 Å². The lowest BCUT2D eigenvalue weighted by molar-refractivity contribution is 0.217. The van der Waals surface area contributed by atoms with Crippen molar-refractivity contribution in [3.05, 3.63) is 23.9 Å². The van der Waals surface area contributed by atoms with E-state index in [1.165, 1.54) is 19.3 Å². The van der Waals surface area contributed by atoms with E-state index in [9.17, 15) is 0 Å². The zero-order valence-corrected chi connectivity index (χ0v) is 8.85. The Hall–Kier alpha value is -1.09. The standard InChI is InChI=1S/C12H17NO2/c14-9-11-4-5-12(13-8-11)15-7-6-10-2-1-3-10/h4-5,8,10,14H,1-3,6-7,9H2. The van der Waals surface area contributed by atoms with Crippen molar-refractivity contribution in [1.29, 1.82) is 0 Å². The van der Waals surface area contributed by atoms with Crippen molar-refractivity contribution >= 4 is 0 Å². The maximum Gasteiger partial charge on any atom is 0.213 e. The predicted octanol–water partition coefficient (Wildman–Crippen LogP) is 2.14. The fraction of sp³-hybridized carbons (Fsp3) is 0.583. The fourth-order valence-electron chi connectivity index (χ4n) is 1.70. The summed E-state index contributed by atoms with van der Waals surface area (Å²) in [6.45, 7) is 0.797. The van der Waals surface area contributed by atoms with Gasteiger partial charge in [-0.25, -0.2) is 4.98 Å². The minimum Gasteiger partial charge on any atom is -0.478 e. The minimum atomic E-state index is 0.0371. The Labute approximate surface area is 90.1 Å². The van der Waals surface area contributed by atoms with Crippen molar-refractivity contribution in [2.45, 2.75) is 32.3 Å². The van der Waals surface area contributed by atoms with Crippen molar-refractivity contribution in [3.8, 4) is 5.88 Å². The van der Waals surface area contributed by atoms with Gasteiger partial charge in [0.15, 0.2) is 0 Å². The van der Waals surface area contributed by atoms with E-state index in [0.29, 0.717) is 5.88 Å². The molecule has 0 bridgehead atoms. The van der Waals surface area contributed by atoms with Gasteiger partial charge >= 0.3 is 0 Å². The number of aliphatic hydroxyl groups is 1. The van der Waals surface area contributed by atoms with Gasteiger partial charge in [-0.3, -0.25) is 0 Å². The van der Waals surface area contributed by atoms with Crippen LogP contribution in [0.2, 0.25) is 0 Å². The Balaban J connectivity index is 1.72. The smallest absolute Gasteiger partial charge is 0.213 e. The van der Waals surface area contributed by atoms with Gasteiger partial charge in [-0.2, -0.15) is 0 Å². The van der Waals surface area contributed by atoms with Crippen LogP contribution in [0.5, 0.6) is 5.88 Å². The fourth-order valence-corrected chi connectivity index (χ4v) is 1.70. The summed E-state index contributed by atoms with van der Waals surface area (Å²) in [4.78, 5) is 4.11. The molecule has 1 saturated carbocycles. The molecule has 0 atom stereocenters. The highest BCUT2D eigenvalue weighted by Crippen LogP contribution is 2.29. The van der Waals surface area contributed by atoms with Crippen LogP contribution in [0.25, 0.3) is 0 Å². The second-order valence-corrected chi connectivity index (χ2v) is 4.10. The SMILES string of the molecule is OCc1ccc(OCCC2CCC2)nc1. The van der Waals surface area contributed by atoms with E-state index in [1.54, 1.807) is 6.20 Å². The Morgan fingerprint density at radius 3 is 2.80 bits per heavy atom. The molecule has 2 rings (SSSR count). The molecule has 0 saturated heterocycles. The van der Waals surface area contributed by atoms with Gasteiger partial charge in [0.1, 0.15) is 0 Å². The lowest BCUT2D eigenvalue weighted by atomic mass is 9.83. The third-order valence-corrected chi connectivity index (χ3v) is 2.98. The number of rotatable bonds is 5.